The van der Waals surface area contributed by atoms with Gasteiger partial charge in [-0.2, -0.15) is 0 Å². The van der Waals surface area contributed by atoms with Gasteiger partial charge in [-0.25, -0.2) is 0 Å². The summed E-state index contributed by atoms with van der Waals surface area (Å²) in [4.78, 5) is 54.1. The van der Waals surface area contributed by atoms with Crippen LogP contribution in [0.1, 0.15) is 28.8 Å². The van der Waals surface area contributed by atoms with Gasteiger partial charge in [0, 0.05) is 62.7 Å². The molecule has 174 valence electrons. The number of fused-ring (bicyclic) bond motifs is 1. The van der Waals surface area contributed by atoms with Crippen LogP contribution < -0.4 is 0 Å². The van der Waals surface area contributed by atoms with E-state index in [0.717, 1.165) is 21.4 Å². The predicted octanol–water partition coefficient (Wildman–Crippen LogP) is 2.12. The Morgan fingerprint density at radius 3 is 2.09 bits per heavy atom. The third-order valence-corrected chi connectivity index (χ3v) is 6.58. The standard InChI is InChI=1S/C26H26N4O4/c31-23-10-11-24(32)30(23)18-25(33)27-12-14-28(15-13-27)26(34)21-17-29(16-19-6-2-1-3-7-19)22-9-5-4-8-20(21)22/h1-9,17H,10-16,18H2. The SMILES string of the molecule is O=C(CN1C(=O)CCC1=O)N1CCN(C(=O)c2cn(Cc3ccccc3)c3ccccc23)CC1. The maximum Gasteiger partial charge on any atom is 0.256 e. The Kier molecular flexibility index (Phi) is 5.88. The summed E-state index contributed by atoms with van der Waals surface area (Å²) in [6.07, 6.45) is 2.26. The number of hydrogen-bond donors (Lipinski definition) is 0. The van der Waals surface area contributed by atoms with Crippen LogP contribution in [0.4, 0.5) is 0 Å². The molecule has 1 aromatic heterocycles. The van der Waals surface area contributed by atoms with Crippen LogP contribution in [0.2, 0.25) is 0 Å². The van der Waals surface area contributed by atoms with Gasteiger partial charge in [0.15, 0.2) is 0 Å². The molecule has 0 atom stereocenters. The molecule has 3 aromatic rings. The zero-order valence-electron chi connectivity index (χ0n) is 18.9. The van der Waals surface area contributed by atoms with Gasteiger partial charge in [-0.3, -0.25) is 24.1 Å². The molecular weight excluding hydrogens is 432 g/mol. The zero-order chi connectivity index (χ0) is 23.7. The maximum atomic E-state index is 13.4. The fraction of sp³-hybridized carbons (Fsp3) is 0.308. The molecule has 0 radical (unpaired) electrons. The summed E-state index contributed by atoms with van der Waals surface area (Å²) in [5.74, 6) is -0.895. The number of benzene rings is 2. The third kappa shape index (κ3) is 4.19. The number of hydrogen-bond acceptors (Lipinski definition) is 4. The average molecular weight is 459 g/mol. The highest BCUT2D eigenvalue weighted by Crippen LogP contribution is 2.24. The van der Waals surface area contributed by atoms with E-state index in [1.807, 2.05) is 48.7 Å². The topological polar surface area (TPSA) is 82.9 Å². The second-order valence-corrected chi connectivity index (χ2v) is 8.72. The summed E-state index contributed by atoms with van der Waals surface area (Å²) in [6.45, 7) is 2.03. The summed E-state index contributed by atoms with van der Waals surface area (Å²) in [6, 6.07) is 18.0. The Hall–Kier alpha value is -3.94. The van der Waals surface area contributed by atoms with Crippen LogP contribution in [0, 0.1) is 0 Å². The molecule has 0 N–H and O–H groups in total. The first kappa shape index (κ1) is 21.9. The van der Waals surface area contributed by atoms with Crippen molar-refractivity contribution in [2.24, 2.45) is 0 Å². The first-order valence-corrected chi connectivity index (χ1v) is 11.5. The van der Waals surface area contributed by atoms with Crippen molar-refractivity contribution in [3.63, 3.8) is 0 Å². The zero-order valence-corrected chi connectivity index (χ0v) is 18.9. The highest BCUT2D eigenvalue weighted by Gasteiger charge is 2.33. The monoisotopic (exact) mass is 458 g/mol. The molecule has 0 spiro atoms. The number of para-hydroxylation sites is 1. The minimum Gasteiger partial charge on any atom is -0.342 e. The average Bonchev–Trinajstić information content (AvgIpc) is 3.39. The van der Waals surface area contributed by atoms with Crippen molar-refractivity contribution in [3.8, 4) is 0 Å². The maximum absolute atomic E-state index is 13.4. The number of rotatable bonds is 5. The molecule has 0 saturated carbocycles. The lowest BCUT2D eigenvalue weighted by molar-refractivity contribution is -0.146. The lowest BCUT2D eigenvalue weighted by Crippen LogP contribution is -2.53. The largest absolute Gasteiger partial charge is 0.342 e. The van der Waals surface area contributed by atoms with Gasteiger partial charge in [-0.15, -0.1) is 0 Å². The van der Waals surface area contributed by atoms with E-state index in [1.54, 1.807) is 9.80 Å². The number of piperazine rings is 1. The Labute approximate surface area is 197 Å². The number of imide groups is 1. The number of carbonyl (C=O) groups is 4. The minimum atomic E-state index is -0.293. The second-order valence-electron chi connectivity index (χ2n) is 8.72. The fourth-order valence-electron chi connectivity index (χ4n) is 4.69. The van der Waals surface area contributed by atoms with Crippen LogP contribution in [-0.2, 0) is 20.9 Å². The number of aromatic nitrogens is 1. The molecule has 0 unspecified atom stereocenters. The summed E-state index contributed by atoms with van der Waals surface area (Å²) in [7, 11) is 0. The van der Waals surface area contributed by atoms with Gasteiger partial charge in [-0.05, 0) is 11.6 Å². The first-order chi connectivity index (χ1) is 16.5. The number of likely N-dealkylation sites (tertiary alicyclic amines) is 1. The number of nitrogens with zero attached hydrogens (tertiary/aromatic N) is 4. The molecule has 2 fully saturated rings. The molecule has 2 aromatic carbocycles. The van der Waals surface area contributed by atoms with E-state index in [9.17, 15) is 19.2 Å². The smallest absolute Gasteiger partial charge is 0.256 e. The van der Waals surface area contributed by atoms with Gasteiger partial charge in [0.2, 0.25) is 17.7 Å². The Bertz CT molecular complexity index is 1240. The second kappa shape index (κ2) is 9.13. The van der Waals surface area contributed by atoms with Crippen LogP contribution in [0.3, 0.4) is 0 Å². The van der Waals surface area contributed by atoms with Crippen molar-refractivity contribution in [1.82, 2.24) is 19.3 Å². The van der Waals surface area contributed by atoms with Crippen molar-refractivity contribution in [2.75, 3.05) is 32.7 Å². The quantitative estimate of drug-likeness (QED) is 0.549. The molecule has 3 heterocycles. The highest BCUT2D eigenvalue weighted by molar-refractivity contribution is 6.07. The van der Waals surface area contributed by atoms with Gasteiger partial charge < -0.3 is 14.4 Å². The van der Waals surface area contributed by atoms with E-state index in [-0.39, 0.29) is 43.0 Å². The van der Waals surface area contributed by atoms with Gasteiger partial charge >= 0.3 is 0 Å². The first-order valence-electron chi connectivity index (χ1n) is 11.5. The lowest BCUT2D eigenvalue weighted by atomic mass is 10.1. The van der Waals surface area contributed by atoms with Crippen LogP contribution in [0.5, 0.6) is 0 Å². The summed E-state index contributed by atoms with van der Waals surface area (Å²) < 4.78 is 2.10. The van der Waals surface area contributed by atoms with Gasteiger partial charge in [-0.1, -0.05) is 48.5 Å². The van der Waals surface area contributed by atoms with Crippen molar-refractivity contribution in [1.29, 1.82) is 0 Å². The minimum absolute atomic E-state index is 0.0555. The fourth-order valence-corrected chi connectivity index (χ4v) is 4.69. The Morgan fingerprint density at radius 2 is 1.38 bits per heavy atom. The van der Waals surface area contributed by atoms with Crippen LogP contribution >= 0.6 is 0 Å². The van der Waals surface area contributed by atoms with E-state index in [4.69, 9.17) is 0 Å². The summed E-state index contributed by atoms with van der Waals surface area (Å²) in [5, 5.41) is 0.910. The van der Waals surface area contributed by atoms with E-state index in [1.165, 1.54) is 0 Å². The molecule has 0 aliphatic carbocycles. The predicted molar refractivity (Wildman–Crippen MR) is 126 cm³/mol. The van der Waals surface area contributed by atoms with Crippen LogP contribution in [0.25, 0.3) is 10.9 Å². The molecule has 0 bridgehead atoms. The molecular formula is C26H26N4O4. The van der Waals surface area contributed by atoms with Crippen LogP contribution in [0.15, 0.2) is 60.8 Å². The van der Waals surface area contributed by atoms with Crippen molar-refractivity contribution < 1.29 is 19.2 Å². The molecule has 34 heavy (non-hydrogen) atoms. The molecule has 2 saturated heterocycles. The Morgan fingerprint density at radius 1 is 0.765 bits per heavy atom. The molecule has 2 aliphatic rings. The van der Waals surface area contributed by atoms with Crippen LogP contribution in [-0.4, -0.2) is 75.6 Å². The van der Waals surface area contributed by atoms with Crippen molar-refractivity contribution in [3.05, 3.63) is 71.9 Å². The molecule has 4 amide bonds. The van der Waals surface area contributed by atoms with E-state index >= 15 is 0 Å². The van der Waals surface area contributed by atoms with E-state index in [2.05, 4.69) is 16.7 Å². The molecule has 5 rings (SSSR count). The summed E-state index contributed by atoms with van der Waals surface area (Å²) in [5.41, 5.74) is 2.81. The Balaban J connectivity index is 1.27. The normalized spacial score (nSPS) is 16.5. The number of amides is 4. The van der Waals surface area contributed by atoms with E-state index < -0.39 is 0 Å². The van der Waals surface area contributed by atoms with Gasteiger partial charge in [0.05, 0.1) is 5.56 Å². The summed E-state index contributed by atoms with van der Waals surface area (Å²) >= 11 is 0. The van der Waals surface area contributed by atoms with Gasteiger partial charge in [0.1, 0.15) is 6.54 Å². The highest BCUT2D eigenvalue weighted by atomic mass is 16.2. The molecule has 2 aliphatic heterocycles. The van der Waals surface area contributed by atoms with Crippen molar-refractivity contribution in [2.45, 2.75) is 19.4 Å². The third-order valence-electron chi connectivity index (χ3n) is 6.58. The van der Waals surface area contributed by atoms with E-state index in [0.29, 0.717) is 38.3 Å². The molecule has 8 nitrogen and oxygen atoms in total. The molecule has 8 heteroatoms. The lowest BCUT2D eigenvalue weighted by Gasteiger charge is -2.35. The van der Waals surface area contributed by atoms with Gasteiger partial charge in [0.25, 0.3) is 5.91 Å². The number of carbonyl (C=O) groups excluding carboxylic acids is 4. The van der Waals surface area contributed by atoms with Crippen molar-refractivity contribution >= 4 is 34.5 Å².